The summed E-state index contributed by atoms with van der Waals surface area (Å²) in [5.41, 5.74) is 0.0204. The Morgan fingerprint density at radius 2 is 2.31 bits per heavy atom. The lowest BCUT2D eigenvalue weighted by molar-refractivity contribution is 0.0697. The highest BCUT2D eigenvalue weighted by atomic mass is 35.5. The molecule has 0 fully saturated rings. The first-order chi connectivity index (χ1) is 7.66. The number of nitrogens with one attached hydrogen (secondary N) is 1. The molecule has 0 aliphatic carbocycles. The smallest absolute Gasteiger partial charge is 0.341 e. The summed E-state index contributed by atoms with van der Waals surface area (Å²) in [6.45, 7) is 0. The number of thiophene rings is 1. The zero-order valence-electron chi connectivity index (χ0n) is 7.85. The standard InChI is InChI=1S/C9H6ClN3O2S/c10-6-1-2-7(16-6)13-8-5(9(14)15)3-11-4-12-8/h1-4H,(H,14,15)(H,11,12,13). The minimum Gasteiger partial charge on any atom is -0.477 e. The van der Waals surface area contributed by atoms with Gasteiger partial charge in [0.15, 0.2) is 0 Å². The monoisotopic (exact) mass is 255 g/mol. The number of hydrogen-bond acceptors (Lipinski definition) is 5. The highest BCUT2D eigenvalue weighted by Crippen LogP contribution is 2.28. The van der Waals surface area contributed by atoms with Gasteiger partial charge in [-0.1, -0.05) is 11.6 Å². The van der Waals surface area contributed by atoms with E-state index in [1.165, 1.54) is 23.9 Å². The fourth-order valence-corrected chi connectivity index (χ4v) is 2.03. The van der Waals surface area contributed by atoms with Crippen molar-refractivity contribution in [3.8, 4) is 0 Å². The second-order valence-corrected chi connectivity index (χ2v) is 4.53. The number of nitrogens with zero attached hydrogens (tertiary/aromatic N) is 2. The fraction of sp³-hybridized carbons (Fsp3) is 0. The third-order valence-electron chi connectivity index (χ3n) is 1.76. The molecule has 0 amide bonds. The summed E-state index contributed by atoms with van der Waals surface area (Å²) in [6.07, 6.45) is 2.52. The molecule has 82 valence electrons. The molecule has 5 nitrogen and oxygen atoms in total. The molecule has 0 bridgehead atoms. The number of carbonyl (C=O) groups is 1. The number of aromatic nitrogens is 2. The van der Waals surface area contributed by atoms with Crippen LogP contribution in [0.3, 0.4) is 0 Å². The van der Waals surface area contributed by atoms with E-state index in [0.29, 0.717) is 4.34 Å². The van der Waals surface area contributed by atoms with Gasteiger partial charge in [0.2, 0.25) is 0 Å². The van der Waals surface area contributed by atoms with E-state index in [-0.39, 0.29) is 11.4 Å². The summed E-state index contributed by atoms with van der Waals surface area (Å²) in [7, 11) is 0. The van der Waals surface area contributed by atoms with Crippen LogP contribution in [0.25, 0.3) is 0 Å². The molecule has 2 heterocycles. The van der Waals surface area contributed by atoms with Gasteiger partial charge in [-0.15, -0.1) is 11.3 Å². The Hall–Kier alpha value is -1.66. The molecule has 0 unspecified atom stereocenters. The van der Waals surface area contributed by atoms with Crippen molar-refractivity contribution in [3.63, 3.8) is 0 Å². The summed E-state index contributed by atoms with van der Waals surface area (Å²) in [6, 6.07) is 3.47. The Morgan fingerprint density at radius 3 is 2.94 bits per heavy atom. The molecule has 0 spiro atoms. The van der Waals surface area contributed by atoms with Crippen LogP contribution in [0.1, 0.15) is 10.4 Å². The Bertz CT molecular complexity index is 529. The van der Waals surface area contributed by atoms with E-state index in [2.05, 4.69) is 15.3 Å². The highest BCUT2D eigenvalue weighted by molar-refractivity contribution is 7.19. The molecule has 2 aromatic heterocycles. The third kappa shape index (κ3) is 2.29. The summed E-state index contributed by atoms with van der Waals surface area (Å²) >= 11 is 7.06. The first-order valence-corrected chi connectivity index (χ1v) is 5.42. The molecule has 16 heavy (non-hydrogen) atoms. The van der Waals surface area contributed by atoms with Gasteiger partial charge in [0.25, 0.3) is 0 Å². The average Bonchev–Trinajstić information content (AvgIpc) is 2.64. The molecule has 7 heteroatoms. The number of anilines is 2. The van der Waals surface area contributed by atoms with Gasteiger partial charge >= 0.3 is 5.97 Å². The maximum atomic E-state index is 10.9. The number of aromatic carboxylic acids is 1. The third-order valence-corrected chi connectivity index (χ3v) is 2.90. The molecule has 0 atom stereocenters. The molecular formula is C9H6ClN3O2S. The van der Waals surface area contributed by atoms with Gasteiger partial charge in [0, 0.05) is 6.20 Å². The van der Waals surface area contributed by atoms with Crippen LogP contribution >= 0.6 is 22.9 Å². The summed E-state index contributed by atoms with van der Waals surface area (Å²) in [4.78, 5) is 18.4. The normalized spacial score (nSPS) is 10.1. The molecule has 0 radical (unpaired) electrons. The largest absolute Gasteiger partial charge is 0.477 e. The maximum Gasteiger partial charge on any atom is 0.341 e. The van der Waals surface area contributed by atoms with Crippen molar-refractivity contribution in [1.82, 2.24) is 9.97 Å². The van der Waals surface area contributed by atoms with E-state index in [0.717, 1.165) is 5.00 Å². The van der Waals surface area contributed by atoms with Crippen molar-refractivity contribution in [1.29, 1.82) is 0 Å². The predicted octanol–water partition coefficient (Wildman–Crippen LogP) is 2.63. The SMILES string of the molecule is O=C(O)c1cncnc1Nc1ccc(Cl)s1. The Morgan fingerprint density at radius 1 is 1.50 bits per heavy atom. The van der Waals surface area contributed by atoms with E-state index >= 15 is 0 Å². The van der Waals surface area contributed by atoms with Crippen LogP contribution in [-0.4, -0.2) is 21.0 Å². The van der Waals surface area contributed by atoms with Crippen LogP contribution in [0.4, 0.5) is 10.8 Å². The second kappa shape index (κ2) is 4.46. The molecular weight excluding hydrogens is 250 g/mol. The summed E-state index contributed by atoms with van der Waals surface area (Å²) < 4.78 is 0.619. The predicted molar refractivity (Wildman–Crippen MR) is 61.6 cm³/mol. The Kier molecular flexibility index (Phi) is 3.02. The minimum atomic E-state index is -1.08. The molecule has 2 N–H and O–H groups in total. The van der Waals surface area contributed by atoms with Crippen LogP contribution in [0, 0.1) is 0 Å². The number of hydrogen-bond donors (Lipinski definition) is 2. The van der Waals surface area contributed by atoms with Gasteiger partial charge < -0.3 is 10.4 Å². The maximum absolute atomic E-state index is 10.9. The summed E-state index contributed by atoms with van der Waals surface area (Å²) in [5.74, 6) is -0.827. The minimum absolute atomic E-state index is 0.0204. The lowest BCUT2D eigenvalue weighted by atomic mass is 10.3. The van der Waals surface area contributed by atoms with Crippen molar-refractivity contribution in [2.75, 3.05) is 5.32 Å². The van der Waals surface area contributed by atoms with E-state index < -0.39 is 5.97 Å². The van der Waals surface area contributed by atoms with Crippen LogP contribution in [0.2, 0.25) is 4.34 Å². The van der Waals surface area contributed by atoms with Crippen LogP contribution in [0.5, 0.6) is 0 Å². The van der Waals surface area contributed by atoms with E-state index in [1.54, 1.807) is 12.1 Å². The first kappa shape index (κ1) is 10.8. The van der Waals surface area contributed by atoms with Crippen molar-refractivity contribution in [2.24, 2.45) is 0 Å². The molecule has 0 aliphatic heterocycles. The molecule has 2 rings (SSSR count). The molecule has 0 saturated heterocycles. The molecule has 0 aliphatic rings. The van der Waals surface area contributed by atoms with Gasteiger partial charge in [-0.05, 0) is 12.1 Å². The second-order valence-electron chi connectivity index (χ2n) is 2.82. The van der Waals surface area contributed by atoms with Gasteiger partial charge in [-0.25, -0.2) is 14.8 Å². The lowest BCUT2D eigenvalue weighted by Gasteiger charge is -2.04. The molecule has 0 saturated carbocycles. The number of carboxylic acid groups (broad SMARTS) is 1. The first-order valence-electron chi connectivity index (χ1n) is 4.22. The zero-order valence-corrected chi connectivity index (χ0v) is 9.42. The van der Waals surface area contributed by atoms with E-state index in [4.69, 9.17) is 16.7 Å². The van der Waals surface area contributed by atoms with Gasteiger partial charge in [0.05, 0.1) is 9.34 Å². The van der Waals surface area contributed by atoms with Gasteiger partial charge in [0.1, 0.15) is 17.7 Å². The zero-order chi connectivity index (χ0) is 11.5. The Balaban J connectivity index is 2.31. The van der Waals surface area contributed by atoms with E-state index in [1.807, 2.05) is 0 Å². The topological polar surface area (TPSA) is 75.1 Å². The van der Waals surface area contributed by atoms with Crippen molar-refractivity contribution in [3.05, 3.63) is 34.6 Å². The Labute approximate surface area is 99.7 Å². The molecule has 2 aromatic rings. The number of halogens is 1. The summed E-state index contributed by atoms with van der Waals surface area (Å²) in [5, 5.41) is 12.5. The number of carboxylic acids is 1. The van der Waals surface area contributed by atoms with Crippen molar-refractivity contribution >= 4 is 39.7 Å². The lowest BCUT2D eigenvalue weighted by Crippen LogP contribution is -2.04. The van der Waals surface area contributed by atoms with Crippen molar-refractivity contribution in [2.45, 2.75) is 0 Å². The van der Waals surface area contributed by atoms with Crippen molar-refractivity contribution < 1.29 is 9.90 Å². The van der Waals surface area contributed by atoms with Crippen LogP contribution < -0.4 is 5.32 Å². The average molecular weight is 256 g/mol. The quantitative estimate of drug-likeness (QED) is 0.882. The van der Waals surface area contributed by atoms with Gasteiger partial charge in [-0.3, -0.25) is 0 Å². The molecule has 0 aromatic carbocycles. The van der Waals surface area contributed by atoms with E-state index in [9.17, 15) is 4.79 Å². The van der Waals surface area contributed by atoms with Gasteiger partial charge in [-0.2, -0.15) is 0 Å². The van der Waals surface area contributed by atoms with Crippen LogP contribution in [0.15, 0.2) is 24.7 Å². The fourth-order valence-electron chi connectivity index (χ4n) is 1.08. The number of rotatable bonds is 3. The highest BCUT2D eigenvalue weighted by Gasteiger charge is 2.11. The van der Waals surface area contributed by atoms with Crippen LogP contribution in [-0.2, 0) is 0 Å².